The van der Waals surface area contributed by atoms with Gasteiger partial charge in [0.15, 0.2) is 5.82 Å². The molecule has 1 heterocycles. The lowest BCUT2D eigenvalue weighted by atomic mass is 9.83. The molecule has 0 aliphatic carbocycles. The molecule has 0 radical (unpaired) electrons. The molecule has 19 heavy (non-hydrogen) atoms. The van der Waals surface area contributed by atoms with Crippen molar-refractivity contribution in [3.63, 3.8) is 0 Å². The van der Waals surface area contributed by atoms with Gasteiger partial charge in [-0.05, 0) is 22.0 Å². The van der Waals surface area contributed by atoms with Gasteiger partial charge in [0.05, 0.1) is 5.52 Å². The van der Waals surface area contributed by atoms with Gasteiger partial charge in [-0.2, -0.15) is 0 Å². The average molecular weight is 261 g/mol. The number of nitrogens with zero attached hydrogens (tertiary/aromatic N) is 1. The molecule has 0 unspecified atom stereocenters. The van der Waals surface area contributed by atoms with E-state index < -0.39 is 0 Å². The Labute approximate surface area is 115 Å². The molecule has 0 fully saturated rings. The van der Waals surface area contributed by atoms with Gasteiger partial charge >= 0.3 is 0 Å². The molecular weight excluding hydrogens is 237 g/mol. The Hall–Kier alpha value is -1.31. The van der Waals surface area contributed by atoms with Gasteiger partial charge in [0.2, 0.25) is 0 Å². The summed E-state index contributed by atoms with van der Waals surface area (Å²) in [6, 6.07) is 4.01. The van der Waals surface area contributed by atoms with Crippen LogP contribution in [-0.4, -0.2) is 4.57 Å². The highest BCUT2D eigenvalue weighted by molar-refractivity contribution is 5.86. The number of hydrogen-bond donors (Lipinski definition) is 0. The molecule has 2 heteroatoms. The molecule has 0 spiro atoms. The number of aryl methyl sites for hydroxylation is 1. The highest BCUT2D eigenvalue weighted by atomic mass is 19.1. The van der Waals surface area contributed by atoms with E-state index in [1.54, 1.807) is 0 Å². The van der Waals surface area contributed by atoms with E-state index in [9.17, 15) is 4.39 Å². The van der Waals surface area contributed by atoms with Gasteiger partial charge in [-0.15, -0.1) is 0 Å². The zero-order chi connectivity index (χ0) is 14.6. The van der Waals surface area contributed by atoms with Crippen molar-refractivity contribution in [1.82, 2.24) is 4.57 Å². The third-order valence-electron chi connectivity index (χ3n) is 3.70. The van der Waals surface area contributed by atoms with E-state index >= 15 is 0 Å². The van der Waals surface area contributed by atoms with Crippen molar-refractivity contribution >= 4 is 10.9 Å². The van der Waals surface area contributed by atoms with E-state index in [1.165, 1.54) is 5.56 Å². The second kappa shape index (κ2) is 4.09. The van der Waals surface area contributed by atoms with Crippen molar-refractivity contribution in [1.29, 1.82) is 0 Å². The fourth-order valence-corrected chi connectivity index (χ4v) is 2.63. The summed E-state index contributed by atoms with van der Waals surface area (Å²) in [6.45, 7) is 12.6. The maximum atomic E-state index is 14.8. The van der Waals surface area contributed by atoms with Crippen molar-refractivity contribution in [2.45, 2.75) is 52.4 Å². The largest absolute Gasteiger partial charge is 0.348 e. The van der Waals surface area contributed by atoms with E-state index in [-0.39, 0.29) is 16.6 Å². The van der Waals surface area contributed by atoms with Crippen LogP contribution in [0.15, 0.2) is 18.3 Å². The van der Waals surface area contributed by atoms with Gasteiger partial charge in [-0.25, -0.2) is 4.39 Å². The zero-order valence-electron chi connectivity index (χ0n) is 13.1. The Balaban J connectivity index is 2.83. The summed E-state index contributed by atoms with van der Waals surface area (Å²) < 4.78 is 16.7. The predicted octanol–water partition coefficient (Wildman–Crippen LogP) is 4.91. The number of benzene rings is 1. The maximum absolute atomic E-state index is 14.8. The SMILES string of the molecule is Cn1cc(C(C)(C)C)c2ccc(C(C)(C)C)c(F)c21. The maximum Gasteiger partial charge on any atom is 0.151 e. The van der Waals surface area contributed by atoms with Crippen molar-refractivity contribution in [2.75, 3.05) is 0 Å². The Kier molecular flexibility index (Phi) is 3.04. The molecule has 0 saturated heterocycles. The van der Waals surface area contributed by atoms with Gasteiger partial charge in [-0.1, -0.05) is 53.7 Å². The summed E-state index contributed by atoms with van der Waals surface area (Å²) in [6.07, 6.45) is 2.06. The molecule has 0 N–H and O–H groups in total. The molecule has 104 valence electrons. The van der Waals surface area contributed by atoms with Crippen LogP contribution in [0.2, 0.25) is 0 Å². The number of aromatic nitrogens is 1. The topological polar surface area (TPSA) is 4.93 Å². The molecule has 0 amide bonds. The first-order chi connectivity index (χ1) is 8.53. The van der Waals surface area contributed by atoms with Crippen LogP contribution in [0.1, 0.15) is 52.7 Å². The third-order valence-corrected chi connectivity index (χ3v) is 3.70. The first-order valence-corrected chi connectivity index (χ1v) is 6.82. The lowest BCUT2D eigenvalue weighted by Crippen LogP contribution is -2.14. The van der Waals surface area contributed by atoms with Crippen LogP contribution < -0.4 is 0 Å². The molecule has 0 aliphatic rings. The van der Waals surface area contributed by atoms with Crippen LogP contribution in [0.25, 0.3) is 10.9 Å². The van der Waals surface area contributed by atoms with Crippen LogP contribution in [-0.2, 0) is 17.9 Å². The Bertz CT molecular complexity index is 621. The summed E-state index contributed by atoms with van der Waals surface area (Å²) in [5, 5.41) is 1.03. The molecular formula is C17H24FN. The molecule has 0 atom stereocenters. The van der Waals surface area contributed by atoms with Crippen LogP contribution in [0.3, 0.4) is 0 Å². The van der Waals surface area contributed by atoms with Gasteiger partial charge < -0.3 is 4.57 Å². The first-order valence-electron chi connectivity index (χ1n) is 6.82. The van der Waals surface area contributed by atoms with E-state index in [0.717, 1.165) is 16.5 Å². The number of fused-ring (bicyclic) bond motifs is 1. The van der Waals surface area contributed by atoms with Crippen molar-refractivity contribution in [3.8, 4) is 0 Å². The highest BCUT2D eigenvalue weighted by Crippen LogP contribution is 2.36. The summed E-state index contributed by atoms with van der Waals surface area (Å²) in [5.74, 6) is -0.0806. The van der Waals surface area contributed by atoms with Crippen LogP contribution in [0.4, 0.5) is 4.39 Å². The number of rotatable bonds is 0. The third kappa shape index (κ3) is 2.29. The second-order valence-corrected chi connectivity index (χ2v) is 7.48. The normalized spacial score (nSPS) is 13.3. The van der Waals surface area contributed by atoms with Crippen molar-refractivity contribution in [3.05, 3.63) is 35.3 Å². The summed E-state index contributed by atoms with van der Waals surface area (Å²) in [7, 11) is 1.92. The fourth-order valence-electron chi connectivity index (χ4n) is 2.63. The second-order valence-electron chi connectivity index (χ2n) is 7.48. The number of halogens is 1. The van der Waals surface area contributed by atoms with Crippen molar-refractivity contribution in [2.24, 2.45) is 7.05 Å². The van der Waals surface area contributed by atoms with E-state index in [2.05, 4.69) is 33.0 Å². The van der Waals surface area contributed by atoms with Crippen molar-refractivity contribution < 1.29 is 4.39 Å². The summed E-state index contributed by atoms with van der Waals surface area (Å²) >= 11 is 0. The Morgan fingerprint density at radius 1 is 0.895 bits per heavy atom. The molecule has 1 aromatic heterocycles. The van der Waals surface area contributed by atoms with Crippen LogP contribution in [0.5, 0.6) is 0 Å². The summed E-state index contributed by atoms with van der Waals surface area (Å²) in [5.41, 5.74) is 2.54. The van der Waals surface area contributed by atoms with Crippen LogP contribution >= 0.6 is 0 Å². The molecule has 0 bridgehead atoms. The van der Waals surface area contributed by atoms with Gasteiger partial charge in [0.1, 0.15) is 0 Å². The van der Waals surface area contributed by atoms with Gasteiger partial charge in [0.25, 0.3) is 0 Å². The Morgan fingerprint density at radius 3 is 1.89 bits per heavy atom. The molecule has 1 nitrogen and oxygen atoms in total. The molecule has 2 rings (SSSR count). The quantitative estimate of drug-likeness (QED) is 0.635. The first kappa shape index (κ1) is 14.1. The minimum atomic E-state index is -0.176. The molecule has 0 aliphatic heterocycles. The molecule has 0 saturated carbocycles. The standard InChI is InChI=1S/C17H24FN/c1-16(2,3)12-9-8-11-13(17(4,5)6)10-19(7)15(11)14(12)18/h8-10H,1-7H3. The lowest BCUT2D eigenvalue weighted by Gasteiger charge is -2.21. The van der Waals surface area contributed by atoms with Gasteiger partial charge in [-0.3, -0.25) is 0 Å². The lowest BCUT2D eigenvalue weighted by molar-refractivity contribution is 0.526. The smallest absolute Gasteiger partial charge is 0.151 e. The minimum absolute atomic E-state index is 0.0230. The van der Waals surface area contributed by atoms with Gasteiger partial charge in [0, 0.05) is 18.6 Å². The fraction of sp³-hybridized carbons (Fsp3) is 0.529. The zero-order valence-corrected chi connectivity index (χ0v) is 13.1. The molecule has 1 aromatic carbocycles. The van der Waals surface area contributed by atoms with E-state index in [0.29, 0.717) is 0 Å². The van der Waals surface area contributed by atoms with E-state index in [1.807, 2.05) is 38.5 Å². The van der Waals surface area contributed by atoms with E-state index in [4.69, 9.17) is 0 Å². The van der Waals surface area contributed by atoms with Crippen LogP contribution in [0, 0.1) is 5.82 Å². The highest BCUT2D eigenvalue weighted by Gasteiger charge is 2.25. The Morgan fingerprint density at radius 2 is 1.42 bits per heavy atom. The average Bonchev–Trinajstić information content (AvgIpc) is 2.54. The minimum Gasteiger partial charge on any atom is -0.348 e. The predicted molar refractivity (Wildman–Crippen MR) is 80.3 cm³/mol. The summed E-state index contributed by atoms with van der Waals surface area (Å²) in [4.78, 5) is 0. The number of hydrogen-bond acceptors (Lipinski definition) is 0. The molecule has 2 aromatic rings. The monoisotopic (exact) mass is 261 g/mol.